The quantitative estimate of drug-likeness (QED) is 0.339. The van der Waals surface area contributed by atoms with Gasteiger partial charge in [0.2, 0.25) is 6.10 Å². The molecule has 0 heterocycles. The Hall–Kier alpha value is -3.30. The molecule has 0 aliphatic heterocycles. The highest BCUT2D eigenvalue weighted by atomic mass is 35.5. The highest BCUT2D eigenvalue weighted by Gasteiger charge is 2.62. The molecular formula is C27H28ClNO5. The highest BCUT2D eigenvalue weighted by Crippen LogP contribution is 2.60. The average Bonchev–Trinajstić information content (AvgIpc) is 3.31. The first kappa shape index (κ1) is 25.3. The van der Waals surface area contributed by atoms with E-state index in [4.69, 9.17) is 25.8 Å². The number of carbonyl (C=O) groups is 2. The molecule has 0 radical (unpaired) electrons. The molecule has 2 aromatic carbocycles. The summed E-state index contributed by atoms with van der Waals surface area (Å²) in [6.07, 6.45) is 0.436. The summed E-state index contributed by atoms with van der Waals surface area (Å²) in [7, 11) is 0. The normalized spacial score (nSPS) is 20.0. The number of ether oxygens (including phenoxy) is 3. The van der Waals surface area contributed by atoms with Gasteiger partial charge in [-0.25, -0.2) is 4.79 Å². The van der Waals surface area contributed by atoms with Crippen LogP contribution in [0.15, 0.2) is 65.7 Å². The minimum absolute atomic E-state index is 0.0779. The number of halogens is 1. The topological polar surface area (TPSA) is 85.6 Å². The van der Waals surface area contributed by atoms with Gasteiger partial charge in [0.05, 0.1) is 5.92 Å². The summed E-state index contributed by atoms with van der Waals surface area (Å²) in [5.41, 5.74) is -0.653. The van der Waals surface area contributed by atoms with E-state index in [1.54, 1.807) is 45.0 Å². The number of carbonyl (C=O) groups excluding carboxylic acids is 2. The third-order valence-corrected chi connectivity index (χ3v) is 5.86. The van der Waals surface area contributed by atoms with Crippen LogP contribution in [-0.2, 0) is 19.1 Å². The van der Waals surface area contributed by atoms with Crippen LogP contribution in [0, 0.1) is 28.6 Å². The number of nitriles is 1. The van der Waals surface area contributed by atoms with E-state index in [2.05, 4.69) is 0 Å². The molecule has 0 saturated heterocycles. The lowest BCUT2D eigenvalue weighted by Gasteiger charge is -2.19. The van der Waals surface area contributed by atoms with Gasteiger partial charge in [0.25, 0.3) is 0 Å². The van der Waals surface area contributed by atoms with Crippen LogP contribution in [0.25, 0.3) is 0 Å². The van der Waals surface area contributed by atoms with Crippen molar-refractivity contribution in [2.45, 2.75) is 46.3 Å². The molecule has 1 aliphatic rings. The lowest BCUT2D eigenvalue weighted by molar-refractivity contribution is -0.150. The number of allylic oxidation sites excluding steroid dienone is 1. The first-order valence-corrected chi connectivity index (χ1v) is 11.3. The zero-order valence-corrected chi connectivity index (χ0v) is 20.6. The number of hydrogen-bond acceptors (Lipinski definition) is 6. The van der Waals surface area contributed by atoms with Crippen LogP contribution in [0.3, 0.4) is 0 Å². The number of para-hydroxylation sites is 1. The van der Waals surface area contributed by atoms with Gasteiger partial charge in [0.1, 0.15) is 28.2 Å². The summed E-state index contributed by atoms with van der Waals surface area (Å²) in [4.78, 5) is 25.1. The summed E-state index contributed by atoms with van der Waals surface area (Å²) in [5, 5.41) is 9.59. The third kappa shape index (κ3) is 6.18. The van der Waals surface area contributed by atoms with Crippen molar-refractivity contribution in [3.63, 3.8) is 0 Å². The molecule has 0 N–H and O–H groups in total. The number of nitrogens with zero attached hydrogens (tertiary/aromatic N) is 1. The standard InChI is InChI=1S/C27H28ClNO5/c1-26(2,3)34-24(30)21(28)15-20-23(27(20,4)5)25(31)33-22(16-29)17-10-9-13-19(14-17)32-18-11-7-6-8-12-18/h6-15,20,22-23H,1-5H3/b21-15-/t20-,22+,23-/m0/s1. The smallest absolute Gasteiger partial charge is 0.349 e. The number of hydrogen-bond donors (Lipinski definition) is 0. The molecule has 0 spiro atoms. The fourth-order valence-corrected chi connectivity index (χ4v) is 3.89. The fourth-order valence-electron chi connectivity index (χ4n) is 3.72. The minimum Gasteiger partial charge on any atom is -0.457 e. The maximum atomic E-state index is 12.9. The lowest BCUT2D eigenvalue weighted by Crippen LogP contribution is -2.24. The van der Waals surface area contributed by atoms with Crippen molar-refractivity contribution in [3.8, 4) is 17.6 Å². The Morgan fingerprint density at radius 2 is 1.74 bits per heavy atom. The van der Waals surface area contributed by atoms with Gasteiger partial charge >= 0.3 is 11.9 Å². The van der Waals surface area contributed by atoms with Crippen LogP contribution in [0.5, 0.6) is 11.5 Å². The van der Waals surface area contributed by atoms with E-state index in [0.717, 1.165) is 0 Å². The monoisotopic (exact) mass is 481 g/mol. The fraction of sp³-hybridized carbons (Fsp3) is 0.370. The predicted octanol–water partition coefficient (Wildman–Crippen LogP) is 6.32. The second-order valence-electron chi connectivity index (χ2n) is 9.77. The summed E-state index contributed by atoms with van der Waals surface area (Å²) >= 11 is 6.15. The van der Waals surface area contributed by atoms with Crippen LogP contribution in [0.1, 0.15) is 46.3 Å². The molecule has 7 heteroatoms. The average molecular weight is 482 g/mol. The van der Waals surface area contributed by atoms with Crippen LogP contribution < -0.4 is 4.74 Å². The molecule has 6 nitrogen and oxygen atoms in total. The van der Waals surface area contributed by atoms with Gasteiger partial charge in [0, 0.05) is 5.56 Å². The molecule has 0 amide bonds. The van der Waals surface area contributed by atoms with E-state index < -0.39 is 35.0 Å². The number of benzene rings is 2. The van der Waals surface area contributed by atoms with E-state index in [1.165, 1.54) is 6.08 Å². The Morgan fingerprint density at radius 3 is 2.35 bits per heavy atom. The molecule has 34 heavy (non-hydrogen) atoms. The number of esters is 2. The molecule has 0 bridgehead atoms. The van der Waals surface area contributed by atoms with Crippen molar-refractivity contribution in [2.24, 2.45) is 17.3 Å². The van der Waals surface area contributed by atoms with Crippen molar-refractivity contribution in [2.75, 3.05) is 0 Å². The molecule has 1 aliphatic carbocycles. The molecule has 1 saturated carbocycles. The first-order chi connectivity index (χ1) is 15.9. The van der Waals surface area contributed by atoms with Crippen molar-refractivity contribution < 1.29 is 23.8 Å². The lowest BCUT2D eigenvalue weighted by atomic mass is 10.1. The zero-order valence-electron chi connectivity index (χ0n) is 19.9. The van der Waals surface area contributed by atoms with E-state index in [-0.39, 0.29) is 11.0 Å². The highest BCUT2D eigenvalue weighted by molar-refractivity contribution is 6.41. The SMILES string of the molecule is CC(C)(C)OC(=O)/C(Cl)=C/[C@H]1[C@@H](C(=O)O[C@H](C#N)c2cccc(Oc3ccccc3)c2)C1(C)C. The van der Waals surface area contributed by atoms with Gasteiger partial charge in [-0.15, -0.1) is 0 Å². The van der Waals surface area contributed by atoms with Crippen molar-refractivity contribution in [1.82, 2.24) is 0 Å². The second-order valence-corrected chi connectivity index (χ2v) is 10.2. The number of rotatable bonds is 7. The largest absolute Gasteiger partial charge is 0.457 e. The molecule has 3 rings (SSSR count). The van der Waals surface area contributed by atoms with Gasteiger partial charge in [-0.2, -0.15) is 5.26 Å². The Labute approximate surface area is 205 Å². The van der Waals surface area contributed by atoms with Gasteiger partial charge in [0.15, 0.2) is 0 Å². The molecule has 0 aromatic heterocycles. The molecular weight excluding hydrogens is 454 g/mol. The summed E-state index contributed by atoms with van der Waals surface area (Å²) < 4.78 is 16.6. The molecule has 3 atom stereocenters. The maximum Gasteiger partial charge on any atom is 0.349 e. The Kier molecular flexibility index (Phi) is 7.38. The molecule has 2 aromatic rings. The van der Waals surface area contributed by atoms with Crippen molar-refractivity contribution in [1.29, 1.82) is 5.26 Å². The van der Waals surface area contributed by atoms with Crippen LogP contribution in [0.4, 0.5) is 0 Å². The van der Waals surface area contributed by atoms with Crippen LogP contribution >= 0.6 is 11.6 Å². The molecule has 178 valence electrons. The Bertz CT molecular complexity index is 1130. The van der Waals surface area contributed by atoms with E-state index >= 15 is 0 Å². The maximum absolute atomic E-state index is 12.9. The third-order valence-electron chi connectivity index (χ3n) is 5.58. The second kappa shape index (κ2) is 9.90. The van der Waals surface area contributed by atoms with Gasteiger partial charge in [-0.05, 0) is 56.4 Å². The summed E-state index contributed by atoms with van der Waals surface area (Å²) in [6.45, 7) is 9.01. The van der Waals surface area contributed by atoms with Crippen molar-refractivity contribution in [3.05, 3.63) is 71.3 Å². The van der Waals surface area contributed by atoms with E-state index in [9.17, 15) is 14.9 Å². The van der Waals surface area contributed by atoms with Gasteiger partial charge < -0.3 is 14.2 Å². The van der Waals surface area contributed by atoms with Crippen molar-refractivity contribution >= 4 is 23.5 Å². The Balaban J connectivity index is 1.69. The van der Waals surface area contributed by atoms with Gasteiger partial charge in [-0.3, -0.25) is 4.79 Å². The molecule has 1 fully saturated rings. The zero-order chi connectivity index (χ0) is 25.1. The summed E-state index contributed by atoms with van der Waals surface area (Å²) in [6, 6.07) is 18.1. The molecule has 0 unspecified atom stereocenters. The minimum atomic E-state index is -1.10. The summed E-state index contributed by atoms with van der Waals surface area (Å²) in [5.74, 6) is -0.844. The predicted molar refractivity (Wildman–Crippen MR) is 128 cm³/mol. The van der Waals surface area contributed by atoms with Gasteiger partial charge in [-0.1, -0.05) is 61.9 Å². The van der Waals surface area contributed by atoms with E-state index in [0.29, 0.717) is 17.1 Å². The Morgan fingerprint density at radius 1 is 1.09 bits per heavy atom. The van der Waals surface area contributed by atoms with E-state index in [1.807, 2.05) is 50.2 Å². The van der Waals surface area contributed by atoms with Crippen LogP contribution in [-0.4, -0.2) is 17.5 Å². The first-order valence-electron chi connectivity index (χ1n) is 11.0. The van der Waals surface area contributed by atoms with Crippen LogP contribution in [0.2, 0.25) is 0 Å².